The molecule has 1 unspecified atom stereocenters. The van der Waals surface area contributed by atoms with E-state index in [9.17, 15) is 9.18 Å². The van der Waals surface area contributed by atoms with Gasteiger partial charge >= 0.3 is 0 Å². The summed E-state index contributed by atoms with van der Waals surface area (Å²) in [6, 6.07) is 9.27. The summed E-state index contributed by atoms with van der Waals surface area (Å²) >= 11 is 0. The number of rotatable bonds is 3. The Morgan fingerprint density at radius 3 is 2.64 bits per heavy atom. The number of nitrogens with zero attached hydrogens (tertiary/aromatic N) is 2. The number of hydrogen-bond donors (Lipinski definition) is 0. The monoisotopic (exact) mass is 300 g/mol. The molecule has 0 radical (unpaired) electrons. The summed E-state index contributed by atoms with van der Waals surface area (Å²) in [5.41, 5.74) is 0.506. The van der Waals surface area contributed by atoms with Crippen LogP contribution in [0.25, 0.3) is 0 Å². The van der Waals surface area contributed by atoms with E-state index in [-0.39, 0.29) is 17.8 Å². The molecule has 0 saturated carbocycles. The lowest BCUT2D eigenvalue weighted by Gasteiger charge is -2.33. The van der Waals surface area contributed by atoms with Crippen LogP contribution in [-0.2, 0) is 0 Å². The second-order valence-electron chi connectivity index (χ2n) is 5.32. The van der Waals surface area contributed by atoms with E-state index in [1.807, 2.05) is 0 Å². The van der Waals surface area contributed by atoms with Crippen LogP contribution in [0, 0.1) is 5.82 Å². The predicted molar refractivity (Wildman–Crippen MR) is 80.2 cm³/mol. The standard InChI is InChI=1S/C17H17FN2O2/c18-14-5-3-13(4-6-14)17(21)20-11-1-2-16(12-20)22-15-7-9-19-10-8-15/h3-10,16H,1-2,11-12H2. The van der Waals surface area contributed by atoms with Crippen molar-refractivity contribution in [1.82, 2.24) is 9.88 Å². The number of pyridine rings is 1. The zero-order valence-corrected chi connectivity index (χ0v) is 12.1. The molecule has 1 aromatic heterocycles. The Morgan fingerprint density at radius 2 is 1.91 bits per heavy atom. The smallest absolute Gasteiger partial charge is 0.253 e. The van der Waals surface area contributed by atoms with Crippen molar-refractivity contribution in [3.63, 3.8) is 0 Å². The molecule has 1 atom stereocenters. The van der Waals surface area contributed by atoms with Crippen molar-refractivity contribution in [2.24, 2.45) is 0 Å². The van der Waals surface area contributed by atoms with Gasteiger partial charge in [-0.3, -0.25) is 9.78 Å². The first-order valence-electron chi connectivity index (χ1n) is 7.34. The summed E-state index contributed by atoms with van der Waals surface area (Å²) < 4.78 is 18.8. The van der Waals surface area contributed by atoms with Crippen LogP contribution in [0.4, 0.5) is 4.39 Å². The normalized spacial score (nSPS) is 18.0. The Balaban J connectivity index is 1.65. The largest absolute Gasteiger partial charge is 0.488 e. The summed E-state index contributed by atoms with van der Waals surface area (Å²) in [4.78, 5) is 18.2. The molecule has 5 heteroatoms. The highest BCUT2D eigenvalue weighted by molar-refractivity contribution is 5.94. The van der Waals surface area contributed by atoms with E-state index < -0.39 is 0 Å². The average Bonchev–Trinajstić information content (AvgIpc) is 2.56. The molecule has 1 fully saturated rings. The first kappa shape index (κ1) is 14.5. The third-order valence-electron chi connectivity index (χ3n) is 3.71. The number of benzene rings is 1. The van der Waals surface area contributed by atoms with Crippen molar-refractivity contribution in [2.75, 3.05) is 13.1 Å². The second-order valence-corrected chi connectivity index (χ2v) is 5.32. The minimum Gasteiger partial charge on any atom is -0.488 e. The van der Waals surface area contributed by atoms with E-state index in [0.29, 0.717) is 18.7 Å². The third kappa shape index (κ3) is 3.42. The maximum Gasteiger partial charge on any atom is 0.253 e. The number of piperidine rings is 1. The lowest BCUT2D eigenvalue weighted by atomic mass is 10.1. The molecule has 22 heavy (non-hydrogen) atoms. The van der Waals surface area contributed by atoms with Gasteiger partial charge in [0.15, 0.2) is 0 Å². The molecule has 2 heterocycles. The van der Waals surface area contributed by atoms with Crippen molar-refractivity contribution >= 4 is 5.91 Å². The Bertz CT molecular complexity index is 631. The summed E-state index contributed by atoms with van der Waals surface area (Å²) in [5.74, 6) is 0.341. The summed E-state index contributed by atoms with van der Waals surface area (Å²) in [7, 11) is 0. The van der Waals surface area contributed by atoms with Gasteiger partial charge in [0, 0.05) is 24.5 Å². The molecule has 1 aliphatic rings. The van der Waals surface area contributed by atoms with Crippen molar-refractivity contribution in [3.05, 3.63) is 60.2 Å². The zero-order valence-electron chi connectivity index (χ0n) is 12.1. The van der Waals surface area contributed by atoms with Crippen LogP contribution in [0.2, 0.25) is 0 Å². The lowest BCUT2D eigenvalue weighted by Crippen LogP contribution is -2.44. The second kappa shape index (κ2) is 6.56. The van der Waals surface area contributed by atoms with Crippen LogP contribution in [0.3, 0.4) is 0 Å². The van der Waals surface area contributed by atoms with Gasteiger partial charge in [-0.1, -0.05) is 0 Å². The fraction of sp³-hybridized carbons (Fsp3) is 0.294. The fourth-order valence-electron chi connectivity index (χ4n) is 2.60. The summed E-state index contributed by atoms with van der Waals surface area (Å²) in [6.45, 7) is 1.24. The highest BCUT2D eigenvalue weighted by Crippen LogP contribution is 2.19. The molecule has 3 rings (SSSR count). The van der Waals surface area contributed by atoms with Gasteiger partial charge in [-0.25, -0.2) is 4.39 Å². The number of aromatic nitrogens is 1. The third-order valence-corrected chi connectivity index (χ3v) is 3.71. The van der Waals surface area contributed by atoms with E-state index in [1.54, 1.807) is 29.4 Å². The van der Waals surface area contributed by atoms with E-state index in [0.717, 1.165) is 18.6 Å². The zero-order chi connectivity index (χ0) is 15.4. The number of carbonyl (C=O) groups excluding carboxylic acids is 1. The number of ether oxygens (including phenoxy) is 1. The van der Waals surface area contributed by atoms with Crippen molar-refractivity contribution in [2.45, 2.75) is 18.9 Å². The quantitative estimate of drug-likeness (QED) is 0.875. The Kier molecular flexibility index (Phi) is 4.32. The molecule has 2 aromatic rings. The van der Waals surface area contributed by atoms with Crippen molar-refractivity contribution in [3.8, 4) is 5.75 Å². The molecular formula is C17H17FN2O2. The molecule has 4 nitrogen and oxygen atoms in total. The molecule has 0 spiro atoms. The molecule has 1 saturated heterocycles. The molecule has 0 N–H and O–H groups in total. The van der Waals surface area contributed by atoms with E-state index in [1.165, 1.54) is 24.3 Å². The minimum atomic E-state index is -0.339. The first-order chi connectivity index (χ1) is 10.7. The van der Waals surface area contributed by atoms with Crippen molar-refractivity contribution < 1.29 is 13.9 Å². The van der Waals surface area contributed by atoms with Gasteiger partial charge < -0.3 is 9.64 Å². The molecule has 0 aliphatic carbocycles. The van der Waals surface area contributed by atoms with Gasteiger partial charge in [-0.2, -0.15) is 0 Å². The number of likely N-dealkylation sites (tertiary alicyclic amines) is 1. The number of halogens is 1. The fourth-order valence-corrected chi connectivity index (χ4v) is 2.60. The van der Waals surface area contributed by atoms with Gasteiger partial charge in [0.05, 0.1) is 6.54 Å². The summed E-state index contributed by atoms with van der Waals surface area (Å²) in [5, 5.41) is 0. The maximum atomic E-state index is 12.9. The highest BCUT2D eigenvalue weighted by atomic mass is 19.1. The average molecular weight is 300 g/mol. The Hall–Kier alpha value is -2.43. The first-order valence-corrected chi connectivity index (χ1v) is 7.34. The van der Waals surface area contributed by atoms with Crippen LogP contribution >= 0.6 is 0 Å². The molecule has 1 amide bonds. The number of hydrogen-bond acceptors (Lipinski definition) is 3. The van der Waals surface area contributed by atoms with Crippen LogP contribution < -0.4 is 4.74 Å². The van der Waals surface area contributed by atoms with Gasteiger partial charge in [-0.15, -0.1) is 0 Å². The maximum absolute atomic E-state index is 12.9. The predicted octanol–water partition coefficient (Wildman–Crippen LogP) is 2.90. The Morgan fingerprint density at radius 1 is 1.18 bits per heavy atom. The minimum absolute atomic E-state index is 0.0273. The van der Waals surface area contributed by atoms with Gasteiger partial charge in [0.2, 0.25) is 0 Å². The molecule has 1 aliphatic heterocycles. The lowest BCUT2D eigenvalue weighted by molar-refractivity contribution is 0.0537. The van der Waals surface area contributed by atoms with Crippen molar-refractivity contribution in [1.29, 1.82) is 0 Å². The molecule has 1 aromatic carbocycles. The highest BCUT2D eigenvalue weighted by Gasteiger charge is 2.25. The Labute approximate surface area is 128 Å². The van der Waals surface area contributed by atoms with Gasteiger partial charge in [0.25, 0.3) is 5.91 Å². The van der Waals surface area contributed by atoms with E-state index in [4.69, 9.17) is 4.74 Å². The van der Waals surface area contributed by atoms with Crippen LogP contribution in [0.5, 0.6) is 5.75 Å². The number of carbonyl (C=O) groups is 1. The van der Waals surface area contributed by atoms with Gasteiger partial charge in [-0.05, 0) is 49.2 Å². The molecular weight excluding hydrogens is 283 g/mol. The summed E-state index contributed by atoms with van der Waals surface area (Å²) in [6.07, 6.45) is 5.14. The number of amides is 1. The van der Waals surface area contributed by atoms with Crippen LogP contribution in [-0.4, -0.2) is 35.0 Å². The SMILES string of the molecule is O=C(c1ccc(F)cc1)N1CCCC(Oc2ccncc2)C1. The molecule has 0 bridgehead atoms. The van der Waals surface area contributed by atoms with E-state index >= 15 is 0 Å². The molecule has 114 valence electrons. The van der Waals surface area contributed by atoms with E-state index in [2.05, 4.69) is 4.98 Å². The van der Waals surface area contributed by atoms with Crippen LogP contribution in [0.1, 0.15) is 23.2 Å². The van der Waals surface area contributed by atoms with Gasteiger partial charge in [0.1, 0.15) is 17.7 Å². The van der Waals surface area contributed by atoms with Crippen LogP contribution in [0.15, 0.2) is 48.8 Å². The topological polar surface area (TPSA) is 42.4 Å².